The Kier molecular flexibility index (Phi) is 8.74. The Morgan fingerprint density at radius 3 is 2.22 bits per heavy atom. The van der Waals surface area contributed by atoms with Crippen molar-refractivity contribution < 1.29 is 21.2 Å². The van der Waals surface area contributed by atoms with E-state index in [0.717, 1.165) is 33.9 Å². The molecule has 6 atom stereocenters. The Bertz CT molecular complexity index is 445. The molecule has 0 aliphatic carbocycles. The maximum atomic E-state index is 2.70. The second kappa shape index (κ2) is 10.6. The molecule has 3 heterocycles. The number of rotatable bonds is 6. The van der Waals surface area contributed by atoms with Gasteiger partial charge in [0.15, 0.2) is 0 Å². The summed E-state index contributed by atoms with van der Waals surface area (Å²) in [6, 6.07) is 2.57. The number of alkyl halides is 2. The summed E-state index contributed by atoms with van der Waals surface area (Å²) >= 11 is 0.370. The molecule has 3 nitrogen and oxygen atoms in total. The van der Waals surface area contributed by atoms with E-state index in [1.165, 1.54) is 71.0 Å². The summed E-state index contributed by atoms with van der Waals surface area (Å²) in [6.45, 7) is 8.89. The van der Waals surface area contributed by atoms with Crippen molar-refractivity contribution in [3.8, 4) is 0 Å². The SMILES string of the molecule is C[C@@H]1CCN(C)[C@@H](C[I-][C@H]2CCN(C)[C@@H](CC[C@@H]3CCN(C)[C@H](C)C3)C2)C1. The minimum absolute atomic E-state index is 0.370. The first kappa shape index (κ1) is 22.3. The molecular formula is C23H45IN3-. The standard InChI is InChI=1S/C23H45IN3/c1-18-8-11-27(5)23(14-18)17-24-21-10-13-26(4)22(16-21)7-6-20-9-12-25(3)19(2)15-20/h18-23H,6-17H2,1-5H3/q-1/t18-,19-,20-,21+,22+,23-/m1/s1. The van der Waals surface area contributed by atoms with Crippen LogP contribution in [0.2, 0.25) is 0 Å². The van der Waals surface area contributed by atoms with Gasteiger partial charge in [0.05, 0.1) is 0 Å². The molecule has 3 saturated heterocycles. The van der Waals surface area contributed by atoms with E-state index >= 15 is 0 Å². The van der Waals surface area contributed by atoms with E-state index in [2.05, 4.69) is 49.7 Å². The Morgan fingerprint density at radius 1 is 0.741 bits per heavy atom. The summed E-state index contributed by atoms with van der Waals surface area (Å²) in [5.41, 5.74) is 0. The predicted octanol–water partition coefficient (Wildman–Crippen LogP) is 0.779. The van der Waals surface area contributed by atoms with Gasteiger partial charge in [-0.25, -0.2) is 0 Å². The summed E-state index contributed by atoms with van der Waals surface area (Å²) in [6.07, 6.45) is 11.7. The molecule has 0 aromatic carbocycles. The van der Waals surface area contributed by atoms with Gasteiger partial charge in [0.2, 0.25) is 0 Å². The zero-order valence-electron chi connectivity index (χ0n) is 18.7. The van der Waals surface area contributed by atoms with Crippen molar-refractivity contribution in [1.29, 1.82) is 0 Å². The van der Waals surface area contributed by atoms with Crippen LogP contribution in [-0.2, 0) is 0 Å². The fourth-order valence-electron chi connectivity index (χ4n) is 5.45. The third-order valence-electron chi connectivity index (χ3n) is 7.93. The van der Waals surface area contributed by atoms with Gasteiger partial charge in [0.25, 0.3) is 0 Å². The van der Waals surface area contributed by atoms with Gasteiger partial charge in [-0.15, -0.1) is 0 Å². The third-order valence-corrected chi connectivity index (χ3v) is 11.8. The molecule has 3 fully saturated rings. The average molecular weight is 491 g/mol. The molecule has 0 amide bonds. The fourth-order valence-corrected chi connectivity index (χ4v) is 9.46. The van der Waals surface area contributed by atoms with Crippen molar-refractivity contribution in [1.82, 2.24) is 14.7 Å². The molecule has 3 rings (SSSR count). The summed E-state index contributed by atoms with van der Waals surface area (Å²) in [5.74, 6) is 1.94. The molecule has 0 radical (unpaired) electrons. The summed E-state index contributed by atoms with van der Waals surface area (Å²) < 4.78 is 2.64. The molecule has 0 spiro atoms. The second-order valence-corrected chi connectivity index (χ2v) is 13.6. The van der Waals surface area contributed by atoms with Gasteiger partial charge in [-0.05, 0) is 0 Å². The van der Waals surface area contributed by atoms with Crippen LogP contribution in [0.5, 0.6) is 0 Å². The molecule has 0 aromatic rings. The van der Waals surface area contributed by atoms with Crippen LogP contribution < -0.4 is 21.2 Å². The Hall–Kier alpha value is 0.610. The van der Waals surface area contributed by atoms with Crippen LogP contribution in [0.3, 0.4) is 0 Å². The fraction of sp³-hybridized carbons (Fsp3) is 1.00. The first-order valence-electron chi connectivity index (χ1n) is 11.6. The molecule has 27 heavy (non-hydrogen) atoms. The van der Waals surface area contributed by atoms with Crippen molar-refractivity contribution >= 4 is 0 Å². The number of halogens is 1. The molecule has 0 N–H and O–H groups in total. The molecule has 3 aliphatic rings. The minimum atomic E-state index is 0.370. The second-order valence-electron chi connectivity index (χ2n) is 10.1. The van der Waals surface area contributed by atoms with Crippen molar-refractivity contribution in [3.63, 3.8) is 0 Å². The van der Waals surface area contributed by atoms with E-state index in [-0.39, 0.29) is 0 Å². The van der Waals surface area contributed by atoms with Crippen molar-refractivity contribution in [3.05, 3.63) is 0 Å². The Labute approximate surface area is 179 Å². The summed E-state index contributed by atoms with van der Waals surface area (Å²) in [5, 5.41) is 0. The average Bonchev–Trinajstić information content (AvgIpc) is 2.65. The van der Waals surface area contributed by atoms with E-state index in [9.17, 15) is 0 Å². The number of piperidine rings is 3. The zero-order valence-corrected chi connectivity index (χ0v) is 20.8. The van der Waals surface area contributed by atoms with Gasteiger partial charge < -0.3 is 0 Å². The van der Waals surface area contributed by atoms with Crippen molar-refractivity contribution in [2.24, 2.45) is 11.8 Å². The van der Waals surface area contributed by atoms with E-state index in [4.69, 9.17) is 0 Å². The van der Waals surface area contributed by atoms with Gasteiger partial charge in [-0.3, -0.25) is 0 Å². The molecule has 0 saturated carbocycles. The molecule has 3 aliphatic heterocycles. The number of hydrogen-bond donors (Lipinski definition) is 0. The van der Waals surface area contributed by atoms with Gasteiger partial charge in [0.1, 0.15) is 0 Å². The predicted molar refractivity (Wildman–Crippen MR) is 113 cm³/mol. The van der Waals surface area contributed by atoms with Gasteiger partial charge in [-0.1, -0.05) is 0 Å². The van der Waals surface area contributed by atoms with Crippen LogP contribution >= 0.6 is 0 Å². The number of hydrogen-bond acceptors (Lipinski definition) is 3. The quantitative estimate of drug-likeness (QED) is 0.403. The first-order chi connectivity index (χ1) is 12.9. The molecule has 160 valence electrons. The summed E-state index contributed by atoms with van der Waals surface area (Å²) in [4.78, 5) is 7.92. The van der Waals surface area contributed by atoms with Crippen LogP contribution in [0, 0.1) is 11.8 Å². The monoisotopic (exact) mass is 490 g/mol. The van der Waals surface area contributed by atoms with E-state index in [1.807, 2.05) is 0 Å². The maximum absolute atomic E-state index is 2.70. The van der Waals surface area contributed by atoms with Crippen molar-refractivity contribution in [2.75, 3.05) is 45.2 Å². The van der Waals surface area contributed by atoms with Crippen molar-refractivity contribution in [2.45, 2.75) is 87.3 Å². The molecule has 0 aromatic heterocycles. The van der Waals surface area contributed by atoms with Crippen LogP contribution in [0.4, 0.5) is 0 Å². The summed E-state index contributed by atoms with van der Waals surface area (Å²) in [7, 11) is 7.07. The van der Waals surface area contributed by atoms with E-state index in [0.29, 0.717) is 21.2 Å². The third kappa shape index (κ3) is 6.55. The molecule has 4 heteroatoms. The molecule has 0 bridgehead atoms. The molecule has 0 unspecified atom stereocenters. The number of likely N-dealkylation sites (tertiary alicyclic amines) is 3. The van der Waals surface area contributed by atoms with E-state index in [1.54, 1.807) is 4.43 Å². The van der Waals surface area contributed by atoms with Crippen LogP contribution in [-0.4, -0.2) is 82.0 Å². The van der Waals surface area contributed by atoms with Crippen LogP contribution in [0.1, 0.15) is 65.2 Å². The Balaban J connectivity index is 1.41. The van der Waals surface area contributed by atoms with Crippen LogP contribution in [0.25, 0.3) is 0 Å². The van der Waals surface area contributed by atoms with Gasteiger partial charge in [-0.2, -0.15) is 0 Å². The molecular weight excluding hydrogens is 445 g/mol. The van der Waals surface area contributed by atoms with E-state index < -0.39 is 0 Å². The van der Waals surface area contributed by atoms with Gasteiger partial charge in [0, 0.05) is 0 Å². The first-order valence-corrected chi connectivity index (χ1v) is 14.4. The topological polar surface area (TPSA) is 9.72 Å². The van der Waals surface area contributed by atoms with Gasteiger partial charge >= 0.3 is 180 Å². The Morgan fingerprint density at radius 2 is 1.44 bits per heavy atom. The zero-order chi connectivity index (χ0) is 19.4. The normalized spacial score (nSPS) is 40.5. The van der Waals surface area contributed by atoms with Crippen LogP contribution in [0.15, 0.2) is 0 Å². The number of nitrogens with zero attached hydrogens (tertiary/aromatic N) is 3.